The number of benzene rings is 2. The smallest absolute Gasteiger partial charge is 0.174 e. The van der Waals surface area contributed by atoms with E-state index in [1.165, 1.54) is 18.2 Å². The summed E-state index contributed by atoms with van der Waals surface area (Å²) >= 11 is 9.54. The van der Waals surface area contributed by atoms with Crippen molar-refractivity contribution in [1.29, 1.82) is 0 Å². The molecule has 112 valence electrons. The van der Waals surface area contributed by atoms with Gasteiger partial charge in [-0.05, 0) is 24.3 Å². The first-order valence-electron chi connectivity index (χ1n) is 6.41. The SMILES string of the molecule is OCc1c(-c2ccccc2Br)noc1-c1cc(F)ccc1Cl. The van der Waals surface area contributed by atoms with Crippen LogP contribution >= 0.6 is 27.5 Å². The van der Waals surface area contributed by atoms with Crippen molar-refractivity contribution < 1.29 is 14.0 Å². The van der Waals surface area contributed by atoms with Crippen LogP contribution in [0.4, 0.5) is 4.39 Å². The largest absolute Gasteiger partial charge is 0.391 e. The molecule has 0 fully saturated rings. The van der Waals surface area contributed by atoms with Gasteiger partial charge in [0, 0.05) is 15.6 Å². The third-order valence-electron chi connectivity index (χ3n) is 3.25. The first-order chi connectivity index (χ1) is 10.6. The van der Waals surface area contributed by atoms with Gasteiger partial charge in [0.2, 0.25) is 0 Å². The zero-order valence-electron chi connectivity index (χ0n) is 11.2. The number of halogens is 3. The van der Waals surface area contributed by atoms with Crippen LogP contribution in [0.1, 0.15) is 5.56 Å². The van der Waals surface area contributed by atoms with E-state index in [2.05, 4.69) is 21.1 Å². The summed E-state index contributed by atoms with van der Waals surface area (Å²) in [5.74, 6) is -0.181. The molecule has 0 amide bonds. The minimum Gasteiger partial charge on any atom is -0.391 e. The van der Waals surface area contributed by atoms with E-state index in [4.69, 9.17) is 16.1 Å². The number of aliphatic hydroxyl groups excluding tert-OH is 1. The maximum absolute atomic E-state index is 13.5. The van der Waals surface area contributed by atoms with Crippen molar-refractivity contribution in [3.63, 3.8) is 0 Å². The number of rotatable bonds is 3. The molecule has 0 unspecified atom stereocenters. The van der Waals surface area contributed by atoms with E-state index in [9.17, 15) is 9.50 Å². The van der Waals surface area contributed by atoms with Crippen molar-refractivity contribution in [1.82, 2.24) is 5.16 Å². The molecule has 0 bridgehead atoms. The zero-order valence-corrected chi connectivity index (χ0v) is 13.5. The van der Waals surface area contributed by atoms with Gasteiger partial charge >= 0.3 is 0 Å². The van der Waals surface area contributed by atoms with Crippen LogP contribution in [0.3, 0.4) is 0 Å². The second-order valence-corrected chi connectivity index (χ2v) is 5.86. The summed E-state index contributed by atoms with van der Waals surface area (Å²) < 4.78 is 19.6. The fraction of sp³-hybridized carbons (Fsp3) is 0.0625. The van der Waals surface area contributed by atoms with Crippen LogP contribution in [0.5, 0.6) is 0 Å². The summed E-state index contributed by atoms with van der Waals surface area (Å²) in [5.41, 5.74) is 2.08. The van der Waals surface area contributed by atoms with E-state index in [0.29, 0.717) is 21.8 Å². The highest BCUT2D eigenvalue weighted by molar-refractivity contribution is 9.10. The van der Waals surface area contributed by atoms with Crippen LogP contribution in [-0.2, 0) is 6.61 Å². The Morgan fingerprint density at radius 2 is 1.95 bits per heavy atom. The third-order valence-corrected chi connectivity index (χ3v) is 4.27. The molecule has 3 nitrogen and oxygen atoms in total. The van der Waals surface area contributed by atoms with Crippen LogP contribution in [0.2, 0.25) is 5.02 Å². The van der Waals surface area contributed by atoms with Crippen molar-refractivity contribution >= 4 is 27.5 Å². The fourth-order valence-electron chi connectivity index (χ4n) is 2.20. The Labute approximate surface area is 139 Å². The number of aromatic nitrogens is 1. The Hall–Kier alpha value is -1.69. The van der Waals surface area contributed by atoms with E-state index in [1.54, 1.807) is 0 Å². The van der Waals surface area contributed by atoms with Crippen molar-refractivity contribution in [2.45, 2.75) is 6.61 Å². The predicted octanol–water partition coefficient (Wildman–Crippen LogP) is 5.06. The van der Waals surface area contributed by atoms with Gasteiger partial charge in [-0.3, -0.25) is 0 Å². The lowest BCUT2D eigenvalue weighted by atomic mass is 10.0. The molecule has 3 aromatic rings. The highest BCUT2D eigenvalue weighted by Gasteiger charge is 2.21. The Morgan fingerprint density at radius 1 is 1.18 bits per heavy atom. The summed E-state index contributed by atoms with van der Waals surface area (Å²) in [6.45, 7) is -0.303. The molecule has 1 heterocycles. The van der Waals surface area contributed by atoms with Crippen LogP contribution in [0.25, 0.3) is 22.6 Å². The normalized spacial score (nSPS) is 10.9. The highest BCUT2D eigenvalue weighted by Crippen LogP contribution is 2.38. The number of hydrogen-bond donors (Lipinski definition) is 1. The van der Waals surface area contributed by atoms with E-state index in [-0.39, 0.29) is 12.4 Å². The molecule has 1 N–H and O–H groups in total. The highest BCUT2D eigenvalue weighted by atomic mass is 79.9. The number of aliphatic hydroxyl groups is 1. The maximum atomic E-state index is 13.5. The van der Waals surface area contributed by atoms with Crippen molar-refractivity contribution in [2.75, 3.05) is 0 Å². The van der Waals surface area contributed by atoms with Gasteiger partial charge in [0.15, 0.2) is 5.76 Å². The average Bonchev–Trinajstić information content (AvgIpc) is 2.93. The van der Waals surface area contributed by atoms with Crippen molar-refractivity contribution in [3.05, 3.63) is 63.3 Å². The number of nitrogens with zero attached hydrogens (tertiary/aromatic N) is 1. The summed E-state index contributed by atoms with van der Waals surface area (Å²) in [6.07, 6.45) is 0. The standard InChI is InChI=1S/C16H10BrClFNO2/c17-13-4-2-1-3-10(13)15-12(8-21)16(22-20-15)11-7-9(19)5-6-14(11)18/h1-7,21H,8H2. The first kappa shape index (κ1) is 15.2. The van der Waals surface area contributed by atoms with Crippen LogP contribution < -0.4 is 0 Å². The molecule has 3 rings (SSSR count). The monoisotopic (exact) mass is 381 g/mol. The first-order valence-corrected chi connectivity index (χ1v) is 7.58. The molecule has 0 spiro atoms. The lowest BCUT2D eigenvalue weighted by molar-refractivity contribution is 0.281. The third kappa shape index (κ3) is 2.67. The zero-order chi connectivity index (χ0) is 15.7. The summed E-state index contributed by atoms with van der Waals surface area (Å²) in [6, 6.07) is 11.4. The van der Waals surface area contributed by atoms with Gasteiger partial charge < -0.3 is 9.63 Å². The molecule has 0 saturated heterocycles. The van der Waals surface area contributed by atoms with E-state index >= 15 is 0 Å². The molecule has 0 atom stereocenters. The molecule has 0 saturated carbocycles. The molecule has 1 aromatic heterocycles. The molecular weight excluding hydrogens is 373 g/mol. The molecule has 22 heavy (non-hydrogen) atoms. The van der Waals surface area contributed by atoms with Gasteiger partial charge in [-0.25, -0.2) is 4.39 Å². The van der Waals surface area contributed by atoms with E-state index in [1.807, 2.05) is 24.3 Å². The lowest BCUT2D eigenvalue weighted by Gasteiger charge is -2.04. The minimum atomic E-state index is -0.442. The Balaban J connectivity index is 2.20. The van der Waals surface area contributed by atoms with Gasteiger partial charge in [-0.2, -0.15) is 0 Å². The Kier molecular flexibility index (Phi) is 4.29. The number of hydrogen-bond acceptors (Lipinski definition) is 3. The average molecular weight is 383 g/mol. The quantitative estimate of drug-likeness (QED) is 0.689. The maximum Gasteiger partial charge on any atom is 0.174 e. The summed E-state index contributed by atoms with van der Waals surface area (Å²) in [4.78, 5) is 0. The van der Waals surface area contributed by atoms with Crippen molar-refractivity contribution in [3.8, 4) is 22.6 Å². The van der Waals surface area contributed by atoms with Crippen LogP contribution in [0, 0.1) is 5.82 Å². The van der Waals surface area contributed by atoms with E-state index in [0.717, 1.165) is 10.0 Å². The van der Waals surface area contributed by atoms with Gasteiger partial charge in [0.05, 0.1) is 17.2 Å². The minimum absolute atomic E-state index is 0.262. The Morgan fingerprint density at radius 3 is 2.68 bits per heavy atom. The molecular formula is C16H10BrClFNO2. The Bertz CT molecular complexity index is 835. The topological polar surface area (TPSA) is 46.3 Å². The summed E-state index contributed by atoms with van der Waals surface area (Å²) in [7, 11) is 0. The molecule has 0 aliphatic carbocycles. The summed E-state index contributed by atoms with van der Waals surface area (Å²) in [5, 5.41) is 14.1. The van der Waals surface area contributed by atoms with Crippen LogP contribution in [0.15, 0.2) is 51.5 Å². The molecule has 2 aromatic carbocycles. The van der Waals surface area contributed by atoms with Gasteiger partial charge in [-0.1, -0.05) is 50.9 Å². The second kappa shape index (κ2) is 6.20. The van der Waals surface area contributed by atoms with Gasteiger partial charge in [-0.15, -0.1) is 0 Å². The second-order valence-electron chi connectivity index (χ2n) is 4.60. The molecule has 0 radical (unpaired) electrons. The van der Waals surface area contributed by atoms with Gasteiger partial charge in [0.25, 0.3) is 0 Å². The van der Waals surface area contributed by atoms with Gasteiger partial charge in [0.1, 0.15) is 11.5 Å². The lowest BCUT2D eigenvalue weighted by Crippen LogP contribution is -1.91. The van der Waals surface area contributed by atoms with E-state index < -0.39 is 5.82 Å². The van der Waals surface area contributed by atoms with Crippen molar-refractivity contribution in [2.24, 2.45) is 0 Å². The molecule has 0 aliphatic heterocycles. The molecule has 0 aliphatic rings. The fourth-order valence-corrected chi connectivity index (χ4v) is 2.88. The predicted molar refractivity (Wildman–Crippen MR) is 86.0 cm³/mol. The molecule has 6 heteroatoms. The van der Waals surface area contributed by atoms with Crippen LogP contribution in [-0.4, -0.2) is 10.3 Å².